The summed E-state index contributed by atoms with van der Waals surface area (Å²) in [4.78, 5) is 22.0. The molecule has 0 aromatic heterocycles. The molecule has 0 radical (unpaired) electrons. The van der Waals surface area contributed by atoms with Gasteiger partial charge in [-0.05, 0) is 12.1 Å². The van der Waals surface area contributed by atoms with Crippen molar-refractivity contribution in [3.8, 4) is 5.75 Å². The minimum absolute atomic E-state index is 0.165. The number of ether oxygens (including phenoxy) is 2. The lowest BCUT2D eigenvalue weighted by atomic mass is 10.2. The Hall–Kier alpha value is -2.11. The molecule has 1 aliphatic heterocycles. The second kappa shape index (κ2) is 4.40. The zero-order chi connectivity index (χ0) is 12.4. The molecule has 1 fully saturated rings. The molecule has 1 heterocycles. The van der Waals surface area contributed by atoms with Crippen molar-refractivity contribution in [2.45, 2.75) is 12.5 Å². The molecule has 1 aromatic rings. The van der Waals surface area contributed by atoms with Gasteiger partial charge in [0, 0.05) is 12.5 Å². The van der Waals surface area contributed by atoms with E-state index in [4.69, 9.17) is 9.84 Å². The summed E-state index contributed by atoms with van der Waals surface area (Å²) in [6.07, 6.45) is -0.538. The average Bonchev–Trinajstić information content (AvgIpc) is 2.64. The van der Waals surface area contributed by atoms with E-state index in [1.165, 1.54) is 0 Å². The van der Waals surface area contributed by atoms with Crippen molar-refractivity contribution in [1.82, 2.24) is 0 Å². The summed E-state index contributed by atoms with van der Waals surface area (Å²) >= 11 is 0. The number of benzene rings is 1. The summed E-state index contributed by atoms with van der Waals surface area (Å²) in [6.45, 7) is 0.223. The zero-order valence-corrected chi connectivity index (χ0v) is 8.68. The maximum Gasteiger partial charge on any atom is 0.347 e. The van der Waals surface area contributed by atoms with Crippen LogP contribution in [0.5, 0.6) is 5.75 Å². The number of esters is 1. The van der Waals surface area contributed by atoms with Gasteiger partial charge in [0.2, 0.25) is 0 Å². The molecule has 2 rings (SSSR count). The molecule has 1 aliphatic rings. The van der Waals surface area contributed by atoms with Crippen LogP contribution in [-0.2, 0) is 9.53 Å². The van der Waals surface area contributed by atoms with E-state index in [1.807, 2.05) is 0 Å². The van der Waals surface area contributed by atoms with E-state index in [-0.39, 0.29) is 17.9 Å². The topological polar surface area (TPSA) is 72.8 Å². The highest BCUT2D eigenvalue weighted by atomic mass is 19.1. The Morgan fingerprint density at radius 3 is 2.88 bits per heavy atom. The van der Waals surface area contributed by atoms with Crippen molar-refractivity contribution < 1.29 is 28.6 Å². The van der Waals surface area contributed by atoms with Gasteiger partial charge in [-0.2, -0.15) is 0 Å². The van der Waals surface area contributed by atoms with E-state index < -0.39 is 23.9 Å². The number of carboxylic acid groups (broad SMARTS) is 1. The molecular weight excluding hydrogens is 231 g/mol. The first-order valence-electron chi connectivity index (χ1n) is 4.94. The molecule has 90 valence electrons. The molecule has 1 atom stereocenters. The second-order valence-corrected chi connectivity index (χ2v) is 3.51. The van der Waals surface area contributed by atoms with E-state index in [0.717, 1.165) is 18.2 Å². The lowest BCUT2D eigenvalue weighted by molar-refractivity contribution is -0.143. The maximum absolute atomic E-state index is 13.0. The summed E-state index contributed by atoms with van der Waals surface area (Å²) in [5.74, 6) is -2.60. The Morgan fingerprint density at radius 2 is 2.29 bits per heavy atom. The van der Waals surface area contributed by atoms with Crippen LogP contribution in [0.1, 0.15) is 16.8 Å². The Labute approximate surface area is 95.8 Å². The monoisotopic (exact) mass is 240 g/mol. The van der Waals surface area contributed by atoms with Crippen LogP contribution in [0.4, 0.5) is 4.39 Å². The molecule has 0 aliphatic carbocycles. The van der Waals surface area contributed by atoms with Gasteiger partial charge in [-0.15, -0.1) is 0 Å². The third kappa shape index (κ3) is 2.35. The average molecular weight is 240 g/mol. The van der Waals surface area contributed by atoms with Crippen molar-refractivity contribution in [3.05, 3.63) is 29.6 Å². The maximum atomic E-state index is 13.0. The molecule has 1 aromatic carbocycles. The van der Waals surface area contributed by atoms with Crippen LogP contribution in [0.3, 0.4) is 0 Å². The van der Waals surface area contributed by atoms with Crippen LogP contribution in [0.25, 0.3) is 0 Å². The van der Waals surface area contributed by atoms with Crippen LogP contribution in [-0.4, -0.2) is 29.8 Å². The summed E-state index contributed by atoms with van der Waals surface area (Å²) < 4.78 is 22.8. The molecule has 1 saturated heterocycles. The van der Waals surface area contributed by atoms with E-state index in [2.05, 4.69) is 4.74 Å². The highest BCUT2D eigenvalue weighted by Crippen LogP contribution is 2.23. The number of aromatic carboxylic acids is 1. The number of carbonyl (C=O) groups is 2. The highest BCUT2D eigenvalue weighted by molar-refractivity contribution is 5.91. The van der Waals surface area contributed by atoms with Gasteiger partial charge in [-0.1, -0.05) is 0 Å². The van der Waals surface area contributed by atoms with Crippen molar-refractivity contribution >= 4 is 11.9 Å². The van der Waals surface area contributed by atoms with Gasteiger partial charge in [0.15, 0.2) is 6.10 Å². The van der Waals surface area contributed by atoms with E-state index in [9.17, 15) is 14.0 Å². The number of halogens is 1. The van der Waals surface area contributed by atoms with Gasteiger partial charge >= 0.3 is 11.9 Å². The molecule has 0 saturated carbocycles. The zero-order valence-electron chi connectivity index (χ0n) is 8.68. The lowest BCUT2D eigenvalue weighted by Crippen LogP contribution is -2.22. The minimum Gasteiger partial charge on any atom is -0.478 e. The lowest BCUT2D eigenvalue weighted by Gasteiger charge is -2.12. The van der Waals surface area contributed by atoms with Gasteiger partial charge in [0.05, 0.1) is 6.61 Å². The van der Waals surface area contributed by atoms with E-state index in [1.54, 1.807) is 0 Å². The van der Waals surface area contributed by atoms with Crippen LogP contribution in [0.15, 0.2) is 18.2 Å². The first-order chi connectivity index (χ1) is 8.08. The fraction of sp³-hybridized carbons (Fsp3) is 0.273. The number of hydrogen-bond acceptors (Lipinski definition) is 4. The third-order valence-corrected chi connectivity index (χ3v) is 2.33. The van der Waals surface area contributed by atoms with Gasteiger partial charge in [0.25, 0.3) is 0 Å². The first-order valence-corrected chi connectivity index (χ1v) is 4.94. The van der Waals surface area contributed by atoms with Crippen molar-refractivity contribution in [2.75, 3.05) is 6.61 Å². The van der Waals surface area contributed by atoms with Crippen LogP contribution in [0.2, 0.25) is 0 Å². The molecule has 0 amide bonds. The Bertz CT molecular complexity index is 471. The van der Waals surface area contributed by atoms with Crippen molar-refractivity contribution in [2.24, 2.45) is 0 Å². The smallest absolute Gasteiger partial charge is 0.347 e. The SMILES string of the molecule is O=C(O)c1ccc(F)cc1OC1CCOC1=O. The second-order valence-electron chi connectivity index (χ2n) is 3.51. The van der Waals surface area contributed by atoms with Crippen LogP contribution < -0.4 is 4.74 Å². The fourth-order valence-corrected chi connectivity index (χ4v) is 1.51. The highest BCUT2D eigenvalue weighted by Gasteiger charge is 2.29. The van der Waals surface area contributed by atoms with Gasteiger partial charge in [-0.3, -0.25) is 0 Å². The van der Waals surface area contributed by atoms with E-state index in [0.29, 0.717) is 6.42 Å². The predicted molar refractivity (Wildman–Crippen MR) is 53.4 cm³/mol. The molecule has 6 heteroatoms. The number of carbonyl (C=O) groups excluding carboxylic acids is 1. The number of cyclic esters (lactones) is 1. The summed E-state index contributed by atoms with van der Waals surface area (Å²) in [5, 5.41) is 8.88. The van der Waals surface area contributed by atoms with Gasteiger partial charge < -0.3 is 14.6 Å². The van der Waals surface area contributed by atoms with E-state index >= 15 is 0 Å². The molecule has 1 unspecified atom stereocenters. The molecule has 5 nitrogen and oxygen atoms in total. The Kier molecular flexibility index (Phi) is 2.95. The van der Waals surface area contributed by atoms with Crippen molar-refractivity contribution in [1.29, 1.82) is 0 Å². The van der Waals surface area contributed by atoms with Crippen LogP contribution >= 0.6 is 0 Å². The molecule has 0 bridgehead atoms. The molecular formula is C11H9FO5. The van der Waals surface area contributed by atoms with Crippen molar-refractivity contribution in [3.63, 3.8) is 0 Å². The molecule has 0 spiro atoms. The summed E-state index contributed by atoms with van der Waals surface area (Å²) in [6, 6.07) is 3.05. The predicted octanol–water partition coefficient (Wildman–Crippen LogP) is 1.22. The normalized spacial score (nSPS) is 18.9. The fourth-order valence-electron chi connectivity index (χ4n) is 1.51. The van der Waals surface area contributed by atoms with Crippen LogP contribution in [0, 0.1) is 5.82 Å². The van der Waals surface area contributed by atoms with Gasteiger partial charge in [-0.25, -0.2) is 14.0 Å². The summed E-state index contributed by atoms with van der Waals surface area (Å²) in [7, 11) is 0. The number of carboxylic acids is 1. The quantitative estimate of drug-likeness (QED) is 0.804. The molecule has 17 heavy (non-hydrogen) atoms. The minimum atomic E-state index is -1.24. The van der Waals surface area contributed by atoms with Gasteiger partial charge in [0.1, 0.15) is 17.1 Å². The molecule has 1 N–H and O–H groups in total. The largest absolute Gasteiger partial charge is 0.478 e. The Morgan fingerprint density at radius 1 is 1.53 bits per heavy atom. The first kappa shape index (κ1) is 11.4. The number of rotatable bonds is 3. The third-order valence-electron chi connectivity index (χ3n) is 2.33. The standard InChI is InChI=1S/C11H9FO5/c12-6-1-2-7(10(13)14)9(5-6)17-8-3-4-16-11(8)15/h1-2,5,8H,3-4H2,(H,13,14). The number of hydrogen-bond donors (Lipinski definition) is 1. The Balaban J connectivity index is 2.27. The summed E-state index contributed by atoms with van der Waals surface area (Å²) in [5.41, 5.74) is -0.189.